The molecule has 13 heavy (non-hydrogen) atoms. The molecule has 0 spiro atoms. The number of hydrogen-bond donors (Lipinski definition) is 1. The molecule has 0 amide bonds. The summed E-state index contributed by atoms with van der Waals surface area (Å²) >= 11 is 0. The third-order valence-corrected chi connectivity index (χ3v) is 2.31. The van der Waals surface area contributed by atoms with Gasteiger partial charge in [-0.1, -0.05) is 27.7 Å². The van der Waals surface area contributed by atoms with E-state index in [9.17, 15) is 4.79 Å². The monoisotopic (exact) mass is 185 g/mol. The molecule has 0 heterocycles. The van der Waals surface area contributed by atoms with Crippen molar-refractivity contribution in [3.8, 4) is 0 Å². The van der Waals surface area contributed by atoms with Crippen LogP contribution in [0, 0.1) is 5.92 Å². The van der Waals surface area contributed by atoms with E-state index in [1.807, 2.05) is 6.92 Å². The lowest BCUT2D eigenvalue weighted by Gasteiger charge is -2.09. The number of ketones is 1. The van der Waals surface area contributed by atoms with Gasteiger partial charge in [0.1, 0.15) is 5.78 Å². The molecular weight excluding hydrogens is 162 g/mol. The Morgan fingerprint density at radius 2 is 1.92 bits per heavy atom. The van der Waals surface area contributed by atoms with Crippen molar-refractivity contribution in [2.45, 2.75) is 53.0 Å². The Morgan fingerprint density at radius 3 is 2.38 bits per heavy atom. The third kappa shape index (κ3) is 6.76. The normalized spacial score (nSPS) is 13.3. The van der Waals surface area contributed by atoms with Gasteiger partial charge in [0.05, 0.1) is 0 Å². The van der Waals surface area contributed by atoms with Gasteiger partial charge in [0, 0.05) is 18.4 Å². The molecule has 1 N–H and O–H groups in total. The second-order valence-electron chi connectivity index (χ2n) is 3.99. The van der Waals surface area contributed by atoms with Crippen molar-refractivity contribution in [1.29, 1.82) is 0 Å². The van der Waals surface area contributed by atoms with Crippen molar-refractivity contribution < 1.29 is 4.79 Å². The second kappa shape index (κ2) is 7.07. The molecule has 0 saturated carbocycles. The quantitative estimate of drug-likeness (QED) is 0.617. The highest BCUT2D eigenvalue weighted by Gasteiger charge is 2.09. The van der Waals surface area contributed by atoms with Gasteiger partial charge >= 0.3 is 0 Å². The molecule has 0 aliphatic rings. The Morgan fingerprint density at radius 1 is 1.31 bits per heavy atom. The van der Waals surface area contributed by atoms with Crippen LogP contribution in [0.15, 0.2) is 0 Å². The molecule has 0 aromatic heterocycles. The molecule has 2 nitrogen and oxygen atoms in total. The van der Waals surface area contributed by atoms with Crippen molar-refractivity contribution in [3.63, 3.8) is 0 Å². The lowest BCUT2D eigenvalue weighted by molar-refractivity contribution is -0.122. The molecule has 1 atom stereocenters. The van der Waals surface area contributed by atoms with Crippen molar-refractivity contribution >= 4 is 5.78 Å². The zero-order valence-corrected chi connectivity index (χ0v) is 9.39. The van der Waals surface area contributed by atoms with Gasteiger partial charge in [-0.05, 0) is 19.4 Å². The van der Waals surface area contributed by atoms with Gasteiger partial charge < -0.3 is 5.32 Å². The van der Waals surface area contributed by atoms with Gasteiger partial charge in [-0.2, -0.15) is 0 Å². The van der Waals surface area contributed by atoms with Crippen LogP contribution in [0.25, 0.3) is 0 Å². The van der Waals surface area contributed by atoms with Gasteiger partial charge in [0.25, 0.3) is 0 Å². The first-order valence-corrected chi connectivity index (χ1v) is 5.34. The summed E-state index contributed by atoms with van der Waals surface area (Å²) in [6.45, 7) is 9.28. The largest absolute Gasteiger partial charge is 0.315 e. The molecule has 0 aromatic rings. The number of hydrogen-bond acceptors (Lipinski definition) is 2. The smallest absolute Gasteiger partial charge is 0.135 e. The molecule has 0 aromatic carbocycles. The van der Waals surface area contributed by atoms with Gasteiger partial charge in [0.2, 0.25) is 0 Å². The molecule has 0 radical (unpaired) electrons. The number of Topliss-reactive ketones (excluding diaryl/α,β-unsaturated/α-hetero) is 1. The maximum Gasteiger partial charge on any atom is 0.135 e. The van der Waals surface area contributed by atoms with Gasteiger partial charge in [-0.15, -0.1) is 0 Å². The van der Waals surface area contributed by atoms with Gasteiger partial charge in [0.15, 0.2) is 0 Å². The fourth-order valence-corrected chi connectivity index (χ4v) is 1.13. The Balaban J connectivity index is 3.37. The first kappa shape index (κ1) is 12.6. The third-order valence-electron chi connectivity index (χ3n) is 2.31. The Kier molecular flexibility index (Phi) is 6.87. The maximum atomic E-state index is 11.4. The Bertz CT molecular complexity index is 143. The standard InChI is InChI=1S/C11H23NO/c1-5-10(4)11(13)7-6-8-12-9(2)3/h9-10,12H,5-8H2,1-4H3. The van der Waals surface area contributed by atoms with Crippen LogP contribution < -0.4 is 5.32 Å². The van der Waals surface area contributed by atoms with Crippen LogP contribution in [0.4, 0.5) is 0 Å². The predicted molar refractivity (Wildman–Crippen MR) is 56.8 cm³/mol. The van der Waals surface area contributed by atoms with Crippen LogP contribution in [-0.4, -0.2) is 18.4 Å². The molecule has 0 bridgehead atoms. The number of rotatable bonds is 7. The van der Waals surface area contributed by atoms with Crippen LogP contribution in [0.2, 0.25) is 0 Å². The molecular formula is C11H23NO. The van der Waals surface area contributed by atoms with E-state index >= 15 is 0 Å². The zero-order chi connectivity index (χ0) is 10.3. The minimum absolute atomic E-state index is 0.249. The molecule has 0 aliphatic heterocycles. The molecule has 2 heteroatoms. The average molecular weight is 185 g/mol. The van der Waals surface area contributed by atoms with Crippen molar-refractivity contribution in [2.75, 3.05) is 6.54 Å². The Labute approximate surface area is 82.1 Å². The molecule has 0 rings (SSSR count). The van der Waals surface area contributed by atoms with E-state index in [0.29, 0.717) is 11.8 Å². The van der Waals surface area contributed by atoms with E-state index in [0.717, 1.165) is 25.8 Å². The summed E-state index contributed by atoms with van der Waals surface area (Å²) < 4.78 is 0. The fourth-order valence-electron chi connectivity index (χ4n) is 1.13. The summed E-state index contributed by atoms with van der Waals surface area (Å²) in [5, 5.41) is 3.31. The number of carbonyl (C=O) groups is 1. The van der Waals surface area contributed by atoms with Crippen LogP contribution in [0.5, 0.6) is 0 Å². The Hall–Kier alpha value is -0.370. The van der Waals surface area contributed by atoms with Crippen molar-refractivity contribution in [2.24, 2.45) is 5.92 Å². The van der Waals surface area contributed by atoms with Crippen LogP contribution in [0.1, 0.15) is 47.0 Å². The van der Waals surface area contributed by atoms with Crippen LogP contribution in [-0.2, 0) is 4.79 Å². The molecule has 0 fully saturated rings. The molecule has 0 saturated heterocycles. The van der Waals surface area contributed by atoms with Crippen LogP contribution >= 0.6 is 0 Å². The highest BCUT2D eigenvalue weighted by molar-refractivity contribution is 5.80. The van der Waals surface area contributed by atoms with E-state index in [2.05, 4.69) is 26.1 Å². The number of carbonyl (C=O) groups excluding carboxylic acids is 1. The predicted octanol–water partition coefficient (Wildman–Crippen LogP) is 2.38. The highest BCUT2D eigenvalue weighted by atomic mass is 16.1. The summed E-state index contributed by atoms with van der Waals surface area (Å²) in [6, 6.07) is 0.527. The van der Waals surface area contributed by atoms with E-state index < -0.39 is 0 Å². The van der Waals surface area contributed by atoms with E-state index in [1.54, 1.807) is 0 Å². The number of nitrogens with one attached hydrogen (secondary N) is 1. The van der Waals surface area contributed by atoms with Gasteiger partial charge in [-0.25, -0.2) is 0 Å². The lowest BCUT2D eigenvalue weighted by atomic mass is 10.00. The summed E-state index contributed by atoms with van der Waals surface area (Å²) in [5.41, 5.74) is 0. The molecule has 78 valence electrons. The van der Waals surface area contributed by atoms with E-state index in [1.165, 1.54) is 0 Å². The second-order valence-corrected chi connectivity index (χ2v) is 3.99. The van der Waals surface area contributed by atoms with Crippen LogP contribution in [0.3, 0.4) is 0 Å². The molecule has 1 unspecified atom stereocenters. The van der Waals surface area contributed by atoms with Crippen molar-refractivity contribution in [1.82, 2.24) is 5.32 Å². The summed E-state index contributed by atoms with van der Waals surface area (Å²) in [7, 11) is 0. The van der Waals surface area contributed by atoms with Gasteiger partial charge in [-0.3, -0.25) is 4.79 Å². The minimum Gasteiger partial charge on any atom is -0.315 e. The SMILES string of the molecule is CCC(C)C(=O)CCCNC(C)C. The minimum atomic E-state index is 0.249. The topological polar surface area (TPSA) is 29.1 Å². The lowest BCUT2D eigenvalue weighted by Crippen LogP contribution is -2.24. The fraction of sp³-hybridized carbons (Fsp3) is 0.909. The van der Waals surface area contributed by atoms with Crippen molar-refractivity contribution in [3.05, 3.63) is 0 Å². The average Bonchev–Trinajstić information content (AvgIpc) is 2.10. The molecule has 0 aliphatic carbocycles. The first-order valence-electron chi connectivity index (χ1n) is 5.34. The summed E-state index contributed by atoms with van der Waals surface area (Å²) in [4.78, 5) is 11.4. The first-order chi connectivity index (χ1) is 6.07. The summed E-state index contributed by atoms with van der Waals surface area (Å²) in [5.74, 6) is 0.659. The van der Waals surface area contributed by atoms with E-state index in [-0.39, 0.29) is 5.92 Å². The summed E-state index contributed by atoms with van der Waals surface area (Å²) in [6.07, 6.45) is 2.67. The van der Waals surface area contributed by atoms with E-state index in [4.69, 9.17) is 0 Å². The maximum absolute atomic E-state index is 11.4. The highest BCUT2D eigenvalue weighted by Crippen LogP contribution is 2.06. The zero-order valence-electron chi connectivity index (χ0n) is 9.39.